The van der Waals surface area contributed by atoms with Crippen LogP contribution in [0.15, 0.2) is 78.9 Å². The van der Waals surface area contributed by atoms with E-state index in [1.165, 1.54) is 25.3 Å². The van der Waals surface area contributed by atoms with Gasteiger partial charge in [-0.05, 0) is 48.5 Å². The van der Waals surface area contributed by atoms with Crippen LogP contribution in [-0.4, -0.2) is 31.0 Å². The highest BCUT2D eigenvalue weighted by atomic mass is 19.1. The molecule has 0 aliphatic carbocycles. The van der Waals surface area contributed by atoms with E-state index < -0.39 is 29.7 Å². The first kappa shape index (κ1) is 22.5. The van der Waals surface area contributed by atoms with Crippen LogP contribution in [0.1, 0.15) is 16.8 Å². The number of nitrogens with one attached hydrogen (secondary N) is 2. The number of rotatable bonds is 8. The van der Waals surface area contributed by atoms with Crippen molar-refractivity contribution in [1.82, 2.24) is 0 Å². The minimum absolute atomic E-state index is 0.138. The molecule has 3 rings (SSSR count). The van der Waals surface area contributed by atoms with Crippen LogP contribution in [-0.2, 0) is 14.3 Å². The minimum atomic E-state index is -1.03. The van der Waals surface area contributed by atoms with Crippen molar-refractivity contribution < 1.29 is 28.2 Å². The van der Waals surface area contributed by atoms with Gasteiger partial charge in [-0.15, -0.1) is 0 Å². The SMILES string of the molecule is COC(=O)C(CC(=O)Nc1ccccc1)Nc1ccccc1OC(=O)c1ccc(F)cc1. The van der Waals surface area contributed by atoms with Crippen molar-refractivity contribution in [3.05, 3.63) is 90.2 Å². The minimum Gasteiger partial charge on any atom is -0.467 e. The molecule has 1 amide bonds. The van der Waals surface area contributed by atoms with E-state index in [2.05, 4.69) is 10.6 Å². The Balaban J connectivity index is 1.73. The topological polar surface area (TPSA) is 93.7 Å². The fourth-order valence-electron chi connectivity index (χ4n) is 2.86. The van der Waals surface area contributed by atoms with E-state index in [0.717, 1.165) is 12.1 Å². The van der Waals surface area contributed by atoms with Crippen molar-refractivity contribution in [1.29, 1.82) is 0 Å². The Morgan fingerprint density at radius 1 is 0.906 bits per heavy atom. The molecule has 0 fully saturated rings. The van der Waals surface area contributed by atoms with Crippen LogP contribution in [0.4, 0.5) is 15.8 Å². The van der Waals surface area contributed by atoms with Gasteiger partial charge in [0.2, 0.25) is 5.91 Å². The van der Waals surface area contributed by atoms with Gasteiger partial charge in [0.15, 0.2) is 5.75 Å². The lowest BCUT2D eigenvalue weighted by atomic mass is 10.1. The summed E-state index contributed by atoms with van der Waals surface area (Å²) in [5, 5.41) is 5.62. The Bertz CT molecular complexity index is 1090. The molecule has 0 bridgehead atoms. The number of anilines is 2. The summed E-state index contributed by atoms with van der Waals surface area (Å²) in [5.74, 6) is -2.10. The molecule has 0 aliphatic heterocycles. The third-order valence-corrected chi connectivity index (χ3v) is 4.43. The number of ether oxygens (including phenoxy) is 2. The second kappa shape index (κ2) is 10.7. The van der Waals surface area contributed by atoms with E-state index in [1.54, 1.807) is 42.5 Å². The molecule has 0 heterocycles. The highest BCUT2D eigenvalue weighted by molar-refractivity contribution is 5.96. The van der Waals surface area contributed by atoms with Crippen molar-refractivity contribution in [2.75, 3.05) is 17.7 Å². The number of amides is 1. The molecule has 0 aromatic heterocycles. The number of methoxy groups -OCH3 is 1. The van der Waals surface area contributed by atoms with Gasteiger partial charge in [-0.1, -0.05) is 30.3 Å². The Hall–Kier alpha value is -4.20. The summed E-state index contributed by atoms with van der Waals surface area (Å²) in [6, 6.07) is 19.1. The van der Waals surface area contributed by atoms with Crippen molar-refractivity contribution in [2.45, 2.75) is 12.5 Å². The second-order valence-electron chi connectivity index (χ2n) is 6.73. The Morgan fingerprint density at radius 3 is 2.25 bits per heavy atom. The number of benzene rings is 3. The quantitative estimate of drug-likeness (QED) is 0.409. The Labute approximate surface area is 184 Å². The largest absolute Gasteiger partial charge is 0.467 e. The third kappa shape index (κ3) is 6.15. The fourth-order valence-corrected chi connectivity index (χ4v) is 2.86. The van der Waals surface area contributed by atoms with Crippen LogP contribution in [0.3, 0.4) is 0 Å². The van der Waals surface area contributed by atoms with Crippen molar-refractivity contribution in [3.63, 3.8) is 0 Å². The summed E-state index contributed by atoms with van der Waals surface area (Å²) in [5.41, 5.74) is 1.06. The van der Waals surface area contributed by atoms with E-state index in [-0.39, 0.29) is 17.7 Å². The second-order valence-corrected chi connectivity index (χ2v) is 6.73. The molecule has 0 radical (unpaired) electrons. The number of hydrogen-bond donors (Lipinski definition) is 2. The van der Waals surface area contributed by atoms with Gasteiger partial charge in [0.1, 0.15) is 11.9 Å². The van der Waals surface area contributed by atoms with Crippen LogP contribution in [0.2, 0.25) is 0 Å². The van der Waals surface area contributed by atoms with E-state index in [1.807, 2.05) is 6.07 Å². The van der Waals surface area contributed by atoms with Crippen LogP contribution >= 0.6 is 0 Å². The fraction of sp³-hybridized carbons (Fsp3) is 0.125. The Morgan fingerprint density at radius 2 is 1.56 bits per heavy atom. The maximum Gasteiger partial charge on any atom is 0.343 e. The maximum absolute atomic E-state index is 13.1. The molecular formula is C24H21FN2O5. The molecule has 1 atom stereocenters. The van der Waals surface area contributed by atoms with Crippen molar-refractivity contribution >= 4 is 29.2 Å². The van der Waals surface area contributed by atoms with Gasteiger partial charge in [-0.2, -0.15) is 0 Å². The smallest absolute Gasteiger partial charge is 0.343 e. The highest BCUT2D eigenvalue weighted by Gasteiger charge is 2.24. The lowest BCUT2D eigenvalue weighted by Crippen LogP contribution is -2.35. The molecule has 7 nitrogen and oxygen atoms in total. The molecule has 32 heavy (non-hydrogen) atoms. The molecule has 0 aliphatic rings. The molecule has 8 heteroatoms. The van der Waals surface area contributed by atoms with Crippen LogP contribution in [0, 0.1) is 5.82 Å². The van der Waals surface area contributed by atoms with E-state index in [0.29, 0.717) is 11.4 Å². The normalized spacial score (nSPS) is 11.2. The summed E-state index contributed by atoms with van der Waals surface area (Å²) in [4.78, 5) is 37.1. The van der Waals surface area contributed by atoms with Gasteiger partial charge in [-0.25, -0.2) is 14.0 Å². The van der Waals surface area contributed by atoms with Gasteiger partial charge >= 0.3 is 11.9 Å². The lowest BCUT2D eigenvalue weighted by molar-refractivity contribution is -0.142. The van der Waals surface area contributed by atoms with E-state index in [4.69, 9.17) is 9.47 Å². The zero-order chi connectivity index (χ0) is 22.9. The van der Waals surface area contributed by atoms with E-state index >= 15 is 0 Å². The lowest BCUT2D eigenvalue weighted by Gasteiger charge is -2.19. The van der Waals surface area contributed by atoms with E-state index in [9.17, 15) is 18.8 Å². The maximum atomic E-state index is 13.1. The first-order chi connectivity index (χ1) is 15.5. The van der Waals surface area contributed by atoms with Crippen LogP contribution < -0.4 is 15.4 Å². The first-order valence-electron chi connectivity index (χ1n) is 9.72. The van der Waals surface area contributed by atoms with Crippen LogP contribution in [0.5, 0.6) is 5.75 Å². The number of esters is 2. The van der Waals surface area contributed by atoms with Gasteiger partial charge in [0, 0.05) is 5.69 Å². The first-order valence-corrected chi connectivity index (χ1v) is 9.72. The standard InChI is InChI=1S/C24H21FN2O5/c1-31-24(30)20(15-22(28)26-18-7-3-2-4-8-18)27-19-9-5-6-10-21(19)32-23(29)16-11-13-17(25)14-12-16/h2-14,20,27H,15H2,1H3,(H,26,28). The summed E-state index contributed by atoms with van der Waals surface area (Å²) >= 11 is 0. The monoisotopic (exact) mass is 436 g/mol. The summed E-state index contributed by atoms with van der Waals surface area (Å²) in [7, 11) is 1.21. The molecule has 3 aromatic rings. The third-order valence-electron chi connectivity index (χ3n) is 4.43. The van der Waals surface area contributed by atoms with Crippen LogP contribution in [0.25, 0.3) is 0 Å². The molecule has 164 valence electrons. The molecule has 2 N–H and O–H groups in total. The summed E-state index contributed by atoms with van der Waals surface area (Å²) in [6.07, 6.45) is -0.220. The molecule has 1 unspecified atom stereocenters. The number of halogens is 1. The average molecular weight is 436 g/mol. The number of carbonyl (C=O) groups excluding carboxylic acids is 3. The summed E-state index contributed by atoms with van der Waals surface area (Å²) < 4.78 is 23.3. The predicted molar refractivity (Wildman–Crippen MR) is 117 cm³/mol. The van der Waals surface area contributed by atoms with Gasteiger partial charge in [-0.3, -0.25) is 4.79 Å². The number of hydrogen-bond acceptors (Lipinski definition) is 6. The van der Waals surface area contributed by atoms with Gasteiger partial charge in [0.05, 0.1) is 24.8 Å². The molecule has 0 saturated heterocycles. The average Bonchev–Trinajstić information content (AvgIpc) is 2.80. The number of para-hydroxylation sites is 3. The Kier molecular flexibility index (Phi) is 7.53. The summed E-state index contributed by atoms with van der Waals surface area (Å²) in [6.45, 7) is 0. The molecule has 0 spiro atoms. The molecular weight excluding hydrogens is 415 g/mol. The zero-order valence-electron chi connectivity index (χ0n) is 17.2. The molecule has 3 aromatic carbocycles. The van der Waals surface area contributed by atoms with Gasteiger partial charge in [0.25, 0.3) is 0 Å². The molecule has 0 saturated carbocycles. The van der Waals surface area contributed by atoms with Crippen molar-refractivity contribution in [2.24, 2.45) is 0 Å². The predicted octanol–water partition coefficient (Wildman–Crippen LogP) is 4.03. The highest BCUT2D eigenvalue weighted by Crippen LogP contribution is 2.26. The van der Waals surface area contributed by atoms with Gasteiger partial charge < -0.3 is 20.1 Å². The zero-order valence-corrected chi connectivity index (χ0v) is 17.2. The number of carbonyl (C=O) groups is 3. The van der Waals surface area contributed by atoms with Crippen molar-refractivity contribution in [3.8, 4) is 5.75 Å².